The lowest BCUT2D eigenvalue weighted by Gasteiger charge is -2.39. The second-order valence-corrected chi connectivity index (χ2v) is 13.1. The Morgan fingerprint density at radius 1 is 1.14 bits per heavy atom. The van der Waals surface area contributed by atoms with Crippen molar-refractivity contribution in [1.82, 2.24) is 14.8 Å². The van der Waals surface area contributed by atoms with Crippen LogP contribution >= 0.6 is 11.3 Å². The monoisotopic (exact) mass is 496 g/mol. The molecule has 2 aromatic rings. The minimum absolute atomic E-state index is 0.00648. The highest BCUT2D eigenvalue weighted by Gasteiger charge is 2.51. The van der Waals surface area contributed by atoms with Crippen molar-refractivity contribution < 1.29 is 9.59 Å². The van der Waals surface area contributed by atoms with E-state index < -0.39 is 0 Å². The van der Waals surface area contributed by atoms with E-state index in [4.69, 9.17) is 0 Å². The molecular weight excluding hydrogens is 456 g/mol. The summed E-state index contributed by atoms with van der Waals surface area (Å²) in [4.78, 5) is 35.0. The number of rotatable bonds is 6. The molecule has 4 rings (SSSR count). The number of carbonyl (C=O) groups is 2. The Labute approximate surface area is 214 Å². The molecule has 190 valence electrons. The fourth-order valence-electron chi connectivity index (χ4n) is 6.11. The molecule has 2 heterocycles. The quantitative estimate of drug-likeness (QED) is 0.481. The average molecular weight is 497 g/mol. The van der Waals surface area contributed by atoms with Crippen LogP contribution in [0.1, 0.15) is 94.7 Å². The average Bonchev–Trinajstić information content (AvgIpc) is 3.32. The number of nitrogens with zero attached hydrogens (tertiary/aromatic N) is 3. The number of aromatic nitrogens is 1. The molecule has 2 unspecified atom stereocenters. The third-order valence-electron chi connectivity index (χ3n) is 7.46. The fourth-order valence-corrected chi connectivity index (χ4v) is 6.87. The fraction of sp³-hybridized carbons (Fsp3) is 0.607. The van der Waals surface area contributed by atoms with E-state index >= 15 is 0 Å². The summed E-state index contributed by atoms with van der Waals surface area (Å²) >= 11 is 1.46. The topological polar surface area (TPSA) is 65.5 Å². The van der Waals surface area contributed by atoms with Crippen molar-refractivity contribution in [3.63, 3.8) is 0 Å². The Morgan fingerprint density at radius 2 is 1.83 bits per heavy atom. The molecule has 3 amide bonds. The van der Waals surface area contributed by atoms with Gasteiger partial charge in [0.15, 0.2) is 0 Å². The van der Waals surface area contributed by atoms with Gasteiger partial charge in [-0.2, -0.15) is 0 Å². The van der Waals surface area contributed by atoms with E-state index in [1.807, 2.05) is 43.5 Å². The molecule has 1 N–H and O–H groups in total. The first-order valence-corrected chi connectivity index (χ1v) is 13.7. The maximum atomic E-state index is 13.4. The first-order chi connectivity index (χ1) is 16.4. The van der Waals surface area contributed by atoms with Crippen molar-refractivity contribution >= 4 is 29.0 Å². The maximum Gasteiger partial charge on any atom is 0.322 e. The number of anilines is 1. The van der Waals surface area contributed by atoms with E-state index in [1.165, 1.54) is 16.9 Å². The minimum atomic E-state index is -0.163. The van der Waals surface area contributed by atoms with Crippen molar-refractivity contribution in [2.75, 3.05) is 11.9 Å². The summed E-state index contributed by atoms with van der Waals surface area (Å²) in [6, 6.07) is 8.11. The van der Waals surface area contributed by atoms with Crippen LogP contribution in [0, 0.1) is 10.8 Å². The van der Waals surface area contributed by atoms with Gasteiger partial charge in [0.05, 0.1) is 6.54 Å². The number of benzene rings is 1. The number of fused-ring (bicyclic) bond motifs is 2. The maximum absolute atomic E-state index is 13.4. The zero-order valence-electron chi connectivity index (χ0n) is 22.2. The summed E-state index contributed by atoms with van der Waals surface area (Å²) in [5.74, 6) is 0.480. The molecule has 2 bridgehead atoms. The Bertz CT molecular complexity index is 1070. The van der Waals surface area contributed by atoms with Crippen LogP contribution in [0.5, 0.6) is 0 Å². The van der Waals surface area contributed by atoms with Gasteiger partial charge in [-0.3, -0.25) is 4.79 Å². The number of carbonyl (C=O) groups excluding carboxylic acids is 2. The highest BCUT2D eigenvalue weighted by Crippen LogP contribution is 2.52. The van der Waals surface area contributed by atoms with Gasteiger partial charge in [-0.15, -0.1) is 11.3 Å². The van der Waals surface area contributed by atoms with Crippen LogP contribution < -0.4 is 5.32 Å². The largest absolute Gasteiger partial charge is 0.334 e. The summed E-state index contributed by atoms with van der Waals surface area (Å²) in [5.41, 5.74) is 2.98. The molecule has 6 nitrogen and oxygen atoms in total. The lowest BCUT2D eigenvalue weighted by atomic mass is 9.65. The Balaban J connectivity index is 1.42. The van der Waals surface area contributed by atoms with Gasteiger partial charge in [-0.1, -0.05) is 46.8 Å². The molecule has 1 aromatic heterocycles. The molecule has 35 heavy (non-hydrogen) atoms. The van der Waals surface area contributed by atoms with Crippen molar-refractivity contribution in [3.05, 3.63) is 45.9 Å². The van der Waals surface area contributed by atoms with Crippen LogP contribution in [0.15, 0.2) is 29.6 Å². The molecular formula is C28H40N4O2S. The molecule has 2 aliphatic rings. The molecule has 1 saturated heterocycles. The van der Waals surface area contributed by atoms with Gasteiger partial charge in [0.1, 0.15) is 10.7 Å². The molecule has 1 saturated carbocycles. The Morgan fingerprint density at radius 3 is 2.46 bits per heavy atom. The summed E-state index contributed by atoms with van der Waals surface area (Å²) in [7, 11) is 0. The van der Waals surface area contributed by atoms with Crippen LogP contribution in [0.3, 0.4) is 0 Å². The summed E-state index contributed by atoms with van der Waals surface area (Å²) in [6.45, 7) is 16.4. The minimum Gasteiger partial charge on any atom is -0.334 e. The smallest absolute Gasteiger partial charge is 0.322 e. The lowest BCUT2D eigenvalue weighted by Crippen LogP contribution is -2.39. The SMILES string of the molecule is CC(C)c1ccc(NC(=O)N(Cc2nc(C(=O)N3CC4(C)CC3CC(C)(C)C4)cs2)C(C)C)cc1. The summed E-state index contributed by atoms with van der Waals surface area (Å²) in [5, 5.41) is 5.64. The van der Waals surface area contributed by atoms with Crippen molar-refractivity contribution in [2.45, 2.75) is 92.3 Å². The van der Waals surface area contributed by atoms with Crippen LogP contribution in [-0.2, 0) is 6.54 Å². The number of hydrogen-bond acceptors (Lipinski definition) is 4. The van der Waals surface area contributed by atoms with Crippen molar-refractivity contribution in [2.24, 2.45) is 10.8 Å². The van der Waals surface area contributed by atoms with Gasteiger partial charge in [0.2, 0.25) is 0 Å². The molecule has 7 heteroatoms. The van der Waals surface area contributed by atoms with Gasteiger partial charge in [-0.25, -0.2) is 9.78 Å². The predicted octanol–water partition coefficient (Wildman–Crippen LogP) is 6.75. The Kier molecular flexibility index (Phi) is 7.02. The third-order valence-corrected chi connectivity index (χ3v) is 8.30. The van der Waals surface area contributed by atoms with E-state index in [2.05, 4.69) is 49.8 Å². The molecule has 2 fully saturated rings. The first-order valence-electron chi connectivity index (χ1n) is 12.8. The highest BCUT2D eigenvalue weighted by atomic mass is 32.1. The number of thiazole rings is 1. The third kappa shape index (κ3) is 5.71. The number of amides is 3. The molecule has 2 atom stereocenters. The molecule has 0 radical (unpaired) electrons. The summed E-state index contributed by atoms with van der Waals surface area (Å²) in [6.07, 6.45) is 3.28. The number of nitrogens with one attached hydrogen (secondary N) is 1. The standard InChI is InChI=1S/C28H40N4O2S/c1-18(2)20-8-10-21(11-9-20)29-26(34)31(19(3)4)14-24-30-23(15-35-24)25(33)32-17-28(7)13-22(32)12-27(5,6)16-28/h8-11,15,18-19,22H,12-14,16-17H2,1-7H3,(H,29,34). The second-order valence-electron chi connectivity index (χ2n) is 12.2. The number of hydrogen-bond donors (Lipinski definition) is 1. The molecule has 1 aliphatic carbocycles. The molecule has 1 aliphatic heterocycles. The van der Waals surface area contributed by atoms with Crippen LogP contribution in [0.2, 0.25) is 0 Å². The lowest BCUT2D eigenvalue weighted by molar-refractivity contribution is 0.0703. The van der Waals surface area contributed by atoms with Crippen molar-refractivity contribution in [3.8, 4) is 0 Å². The molecule has 0 spiro atoms. The molecule has 1 aromatic carbocycles. The highest BCUT2D eigenvalue weighted by molar-refractivity contribution is 7.09. The van der Waals surface area contributed by atoms with Crippen LogP contribution in [0.25, 0.3) is 0 Å². The summed E-state index contributed by atoms with van der Waals surface area (Å²) < 4.78 is 0. The van der Waals surface area contributed by atoms with Gasteiger partial charge in [0.25, 0.3) is 5.91 Å². The van der Waals surface area contributed by atoms with Crippen LogP contribution in [0.4, 0.5) is 10.5 Å². The van der Waals surface area contributed by atoms with Gasteiger partial charge >= 0.3 is 6.03 Å². The van der Waals surface area contributed by atoms with Crippen LogP contribution in [-0.4, -0.2) is 45.4 Å². The van der Waals surface area contributed by atoms with Gasteiger partial charge in [0, 0.05) is 29.7 Å². The van der Waals surface area contributed by atoms with E-state index in [1.54, 1.807) is 4.90 Å². The Hall–Kier alpha value is -2.41. The van der Waals surface area contributed by atoms with E-state index in [0.29, 0.717) is 24.2 Å². The zero-order chi connectivity index (χ0) is 25.5. The van der Waals surface area contributed by atoms with Crippen molar-refractivity contribution in [1.29, 1.82) is 0 Å². The first kappa shape index (κ1) is 25.7. The second kappa shape index (κ2) is 9.57. The number of urea groups is 1. The predicted molar refractivity (Wildman–Crippen MR) is 143 cm³/mol. The van der Waals surface area contributed by atoms with E-state index in [-0.39, 0.29) is 28.8 Å². The van der Waals surface area contributed by atoms with E-state index in [9.17, 15) is 9.59 Å². The van der Waals surface area contributed by atoms with Gasteiger partial charge < -0.3 is 15.1 Å². The normalized spacial score (nSPS) is 23.1. The van der Waals surface area contributed by atoms with E-state index in [0.717, 1.165) is 36.5 Å². The van der Waals surface area contributed by atoms with Gasteiger partial charge in [-0.05, 0) is 67.6 Å². The zero-order valence-corrected chi connectivity index (χ0v) is 23.0. The number of likely N-dealkylation sites (tertiary alicyclic amines) is 1.